The molecule has 0 radical (unpaired) electrons. The lowest BCUT2D eigenvalue weighted by atomic mass is 10.1. The molecule has 112 valence electrons. The van der Waals surface area contributed by atoms with E-state index >= 15 is 0 Å². The molecule has 0 saturated heterocycles. The predicted molar refractivity (Wildman–Crippen MR) is 81.9 cm³/mol. The Hall–Kier alpha value is -2.69. The standard InChI is InChI=1S/C17H17N3O2/c1-12(16(21)19-10-13-5-4-8-18-9-13)20-11-14-6-2-3-7-15(14)17(20)22/h2-9,12H,10-11H2,1H3,(H,19,21). The SMILES string of the molecule is CC(C(=O)NCc1cccnc1)N1Cc2ccccc2C1=O. The van der Waals surface area contributed by atoms with Crippen molar-refractivity contribution >= 4 is 11.8 Å². The number of rotatable bonds is 4. The number of aromatic nitrogens is 1. The van der Waals surface area contributed by atoms with Gasteiger partial charge in [-0.2, -0.15) is 0 Å². The Labute approximate surface area is 129 Å². The van der Waals surface area contributed by atoms with E-state index < -0.39 is 6.04 Å². The highest BCUT2D eigenvalue weighted by atomic mass is 16.2. The Morgan fingerprint density at radius 1 is 1.32 bits per heavy atom. The van der Waals surface area contributed by atoms with Gasteiger partial charge in [0.1, 0.15) is 6.04 Å². The van der Waals surface area contributed by atoms with Gasteiger partial charge in [0, 0.05) is 31.0 Å². The summed E-state index contributed by atoms with van der Waals surface area (Å²) in [6.45, 7) is 2.64. The molecule has 1 unspecified atom stereocenters. The second kappa shape index (κ2) is 5.97. The third-order valence-corrected chi connectivity index (χ3v) is 3.89. The first-order valence-corrected chi connectivity index (χ1v) is 7.22. The summed E-state index contributed by atoms with van der Waals surface area (Å²) in [5.74, 6) is -0.246. The third-order valence-electron chi connectivity index (χ3n) is 3.89. The van der Waals surface area contributed by atoms with Gasteiger partial charge in [0.2, 0.25) is 5.91 Å². The average molecular weight is 295 g/mol. The zero-order valence-electron chi connectivity index (χ0n) is 12.3. The van der Waals surface area contributed by atoms with Crippen LogP contribution in [0.4, 0.5) is 0 Å². The van der Waals surface area contributed by atoms with E-state index in [1.165, 1.54) is 0 Å². The van der Waals surface area contributed by atoms with Crippen molar-refractivity contribution in [3.63, 3.8) is 0 Å². The number of carbonyl (C=O) groups is 2. The van der Waals surface area contributed by atoms with Crippen molar-refractivity contribution in [1.29, 1.82) is 0 Å². The highest BCUT2D eigenvalue weighted by molar-refractivity contribution is 6.00. The molecule has 1 aromatic carbocycles. The van der Waals surface area contributed by atoms with Crippen LogP contribution in [-0.4, -0.2) is 27.7 Å². The van der Waals surface area contributed by atoms with Crippen molar-refractivity contribution in [1.82, 2.24) is 15.2 Å². The summed E-state index contributed by atoms with van der Waals surface area (Å²) >= 11 is 0. The van der Waals surface area contributed by atoms with Crippen molar-refractivity contribution < 1.29 is 9.59 Å². The first-order valence-electron chi connectivity index (χ1n) is 7.22. The van der Waals surface area contributed by atoms with Gasteiger partial charge in [0.05, 0.1) is 0 Å². The van der Waals surface area contributed by atoms with E-state index in [0.29, 0.717) is 18.7 Å². The molecule has 0 aliphatic carbocycles. The van der Waals surface area contributed by atoms with E-state index in [-0.39, 0.29) is 11.8 Å². The summed E-state index contributed by atoms with van der Waals surface area (Å²) in [5, 5.41) is 2.85. The minimum absolute atomic E-state index is 0.0837. The van der Waals surface area contributed by atoms with Crippen LogP contribution >= 0.6 is 0 Å². The summed E-state index contributed by atoms with van der Waals surface area (Å²) in [5.41, 5.74) is 2.59. The van der Waals surface area contributed by atoms with Crippen LogP contribution in [0.3, 0.4) is 0 Å². The van der Waals surface area contributed by atoms with Crippen LogP contribution in [0.5, 0.6) is 0 Å². The molecule has 2 heterocycles. The molecule has 0 saturated carbocycles. The van der Waals surface area contributed by atoms with Crippen molar-refractivity contribution in [2.45, 2.75) is 26.1 Å². The molecule has 3 rings (SSSR count). The summed E-state index contributed by atoms with van der Waals surface area (Å²) in [4.78, 5) is 30.2. The lowest BCUT2D eigenvalue weighted by molar-refractivity contribution is -0.125. The molecule has 22 heavy (non-hydrogen) atoms. The number of benzene rings is 1. The lowest BCUT2D eigenvalue weighted by Gasteiger charge is -2.23. The zero-order valence-corrected chi connectivity index (χ0v) is 12.3. The van der Waals surface area contributed by atoms with Gasteiger partial charge in [-0.25, -0.2) is 0 Å². The maximum atomic E-state index is 12.4. The highest BCUT2D eigenvalue weighted by Gasteiger charge is 2.33. The maximum absolute atomic E-state index is 12.4. The van der Waals surface area contributed by atoms with Crippen LogP contribution in [-0.2, 0) is 17.9 Å². The first-order chi connectivity index (χ1) is 10.7. The van der Waals surface area contributed by atoms with E-state index in [0.717, 1.165) is 11.1 Å². The minimum Gasteiger partial charge on any atom is -0.350 e. The van der Waals surface area contributed by atoms with E-state index in [1.54, 1.807) is 30.3 Å². The van der Waals surface area contributed by atoms with Gasteiger partial charge in [-0.1, -0.05) is 24.3 Å². The summed E-state index contributed by atoms with van der Waals surface area (Å²) in [6.07, 6.45) is 3.40. The first kappa shape index (κ1) is 14.3. The van der Waals surface area contributed by atoms with E-state index in [2.05, 4.69) is 10.3 Å². The zero-order chi connectivity index (χ0) is 15.5. The highest BCUT2D eigenvalue weighted by Crippen LogP contribution is 2.24. The largest absolute Gasteiger partial charge is 0.350 e. The Morgan fingerprint density at radius 2 is 2.14 bits per heavy atom. The molecule has 2 amide bonds. The molecule has 1 N–H and O–H groups in total. The molecular formula is C17H17N3O2. The number of fused-ring (bicyclic) bond motifs is 1. The quantitative estimate of drug-likeness (QED) is 0.934. The molecule has 5 nitrogen and oxygen atoms in total. The Bertz CT molecular complexity index is 700. The molecule has 0 fully saturated rings. The molecule has 0 bridgehead atoms. The van der Waals surface area contributed by atoms with Gasteiger partial charge in [-0.15, -0.1) is 0 Å². The molecule has 1 aliphatic rings. The van der Waals surface area contributed by atoms with Crippen molar-refractivity contribution in [2.24, 2.45) is 0 Å². The predicted octanol–water partition coefficient (Wildman–Crippen LogP) is 1.74. The number of carbonyl (C=O) groups excluding carboxylic acids is 2. The molecule has 5 heteroatoms. The molecular weight excluding hydrogens is 278 g/mol. The van der Waals surface area contributed by atoms with Gasteiger partial charge in [0.15, 0.2) is 0 Å². The summed E-state index contributed by atoms with van der Waals surface area (Å²) in [7, 11) is 0. The van der Waals surface area contributed by atoms with E-state index in [9.17, 15) is 9.59 Å². The Kier molecular flexibility index (Phi) is 3.87. The Morgan fingerprint density at radius 3 is 2.86 bits per heavy atom. The number of pyridine rings is 1. The topological polar surface area (TPSA) is 62.3 Å². The van der Waals surface area contributed by atoms with Gasteiger partial charge in [0.25, 0.3) is 5.91 Å². The fourth-order valence-corrected chi connectivity index (χ4v) is 2.57. The summed E-state index contributed by atoms with van der Waals surface area (Å²) in [6, 6.07) is 10.7. The fourth-order valence-electron chi connectivity index (χ4n) is 2.57. The third kappa shape index (κ3) is 2.70. The number of nitrogens with one attached hydrogen (secondary N) is 1. The van der Waals surface area contributed by atoms with Crippen LogP contribution in [0.25, 0.3) is 0 Å². The molecule has 1 aromatic heterocycles. The van der Waals surface area contributed by atoms with E-state index in [4.69, 9.17) is 0 Å². The van der Waals surface area contributed by atoms with Crippen molar-refractivity contribution in [3.8, 4) is 0 Å². The minimum atomic E-state index is -0.503. The van der Waals surface area contributed by atoms with Crippen LogP contribution in [0.2, 0.25) is 0 Å². The number of hydrogen-bond acceptors (Lipinski definition) is 3. The monoisotopic (exact) mass is 295 g/mol. The normalized spacial score (nSPS) is 14.6. The van der Waals surface area contributed by atoms with Gasteiger partial charge in [-0.3, -0.25) is 14.6 Å². The fraction of sp³-hybridized carbons (Fsp3) is 0.235. The van der Waals surface area contributed by atoms with Crippen LogP contribution < -0.4 is 5.32 Å². The number of nitrogens with zero attached hydrogens (tertiary/aromatic N) is 2. The second-order valence-corrected chi connectivity index (χ2v) is 5.35. The van der Waals surface area contributed by atoms with Crippen LogP contribution in [0, 0.1) is 0 Å². The maximum Gasteiger partial charge on any atom is 0.255 e. The van der Waals surface area contributed by atoms with Gasteiger partial charge >= 0.3 is 0 Å². The average Bonchev–Trinajstić information content (AvgIpc) is 2.90. The van der Waals surface area contributed by atoms with Gasteiger partial charge in [-0.05, 0) is 30.2 Å². The molecule has 2 aromatic rings. The smallest absolute Gasteiger partial charge is 0.255 e. The van der Waals surface area contributed by atoms with Crippen LogP contribution in [0.15, 0.2) is 48.8 Å². The summed E-state index contributed by atoms with van der Waals surface area (Å²) < 4.78 is 0. The Balaban J connectivity index is 1.64. The number of hydrogen-bond donors (Lipinski definition) is 1. The van der Waals surface area contributed by atoms with Crippen LogP contribution in [0.1, 0.15) is 28.4 Å². The van der Waals surface area contributed by atoms with Crippen molar-refractivity contribution in [2.75, 3.05) is 0 Å². The lowest BCUT2D eigenvalue weighted by Crippen LogP contribution is -2.45. The van der Waals surface area contributed by atoms with Crippen molar-refractivity contribution in [3.05, 3.63) is 65.5 Å². The second-order valence-electron chi connectivity index (χ2n) is 5.35. The van der Waals surface area contributed by atoms with E-state index in [1.807, 2.05) is 30.3 Å². The molecule has 1 aliphatic heterocycles. The number of amides is 2. The van der Waals surface area contributed by atoms with Gasteiger partial charge < -0.3 is 10.2 Å². The molecule has 0 spiro atoms. The molecule has 1 atom stereocenters.